The zero-order valence-electron chi connectivity index (χ0n) is 8.51. The minimum atomic E-state index is 0.201. The van der Waals surface area contributed by atoms with Crippen molar-refractivity contribution < 1.29 is 4.79 Å². The van der Waals surface area contributed by atoms with Gasteiger partial charge < -0.3 is 5.32 Å². The standard InChI is InChI=1S/C10H19NOS/c1-3-10(12)11-8-4-6-9(13-2)7-5-8/h8-9H,3-7H2,1-2H3,(H,11,12). The molecule has 0 radical (unpaired) electrons. The fourth-order valence-corrected chi connectivity index (χ4v) is 2.52. The molecule has 0 aromatic carbocycles. The van der Waals surface area contributed by atoms with Gasteiger partial charge in [-0.2, -0.15) is 11.8 Å². The van der Waals surface area contributed by atoms with Gasteiger partial charge in [-0.3, -0.25) is 4.79 Å². The number of rotatable bonds is 3. The molecular formula is C10H19NOS. The SMILES string of the molecule is CCC(=O)NC1CCC(SC)CC1. The molecule has 0 atom stereocenters. The van der Waals surface area contributed by atoms with Crippen LogP contribution >= 0.6 is 11.8 Å². The number of nitrogens with one attached hydrogen (secondary N) is 1. The van der Waals surface area contributed by atoms with Crippen LogP contribution in [0.3, 0.4) is 0 Å². The topological polar surface area (TPSA) is 29.1 Å². The Balaban J connectivity index is 2.21. The first kappa shape index (κ1) is 10.9. The van der Waals surface area contributed by atoms with Crippen molar-refractivity contribution in [1.29, 1.82) is 0 Å². The van der Waals surface area contributed by atoms with E-state index in [4.69, 9.17) is 0 Å². The average Bonchev–Trinajstić information content (AvgIpc) is 2.19. The van der Waals surface area contributed by atoms with Crippen LogP contribution in [0.2, 0.25) is 0 Å². The van der Waals surface area contributed by atoms with Gasteiger partial charge in [-0.25, -0.2) is 0 Å². The molecular weight excluding hydrogens is 182 g/mol. The lowest BCUT2D eigenvalue weighted by Crippen LogP contribution is -2.37. The van der Waals surface area contributed by atoms with E-state index in [-0.39, 0.29) is 5.91 Å². The summed E-state index contributed by atoms with van der Waals surface area (Å²) in [5.41, 5.74) is 0. The second kappa shape index (κ2) is 5.53. The van der Waals surface area contributed by atoms with E-state index in [2.05, 4.69) is 11.6 Å². The van der Waals surface area contributed by atoms with E-state index < -0.39 is 0 Å². The summed E-state index contributed by atoms with van der Waals surface area (Å²) in [6.07, 6.45) is 7.64. The summed E-state index contributed by atoms with van der Waals surface area (Å²) in [5, 5.41) is 3.89. The predicted octanol–water partition coefficient (Wildman–Crippen LogP) is 2.19. The van der Waals surface area contributed by atoms with E-state index in [1.54, 1.807) is 0 Å². The summed E-state index contributed by atoms with van der Waals surface area (Å²) in [4.78, 5) is 11.1. The van der Waals surface area contributed by atoms with Crippen LogP contribution in [0.5, 0.6) is 0 Å². The van der Waals surface area contributed by atoms with Crippen LogP contribution < -0.4 is 5.32 Å². The minimum Gasteiger partial charge on any atom is -0.353 e. The normalized spacial score (nSPS) is 28.5. The minimum absolute atomic E-state index is 0.201. The van der Waals surface area contributed by atoms with Crippen LogP contribution in [0.15, 0.2) is 0 Å². The highest BCUT2D eigenvalue weighted by Gasteiger charge is 2.20. The van der Waals surface area contributed by atoms with E-state index in [1.165, 1.54) is 12.8 Å². The summed E-state index contributed by atoms with van der Waals surface area (Å²) in [6.45, 7) is 1.91. The Labute approximate surface area is 84.9 Å². The Hall–Kier alpha value is -0.180. The van der Waals surface area contributed by atoms with Crippen LogP contribution in [-0.4, -0.2) is 23.5 Å². The van der Waals surface area contributed by atoms with Crippen LogP contribution in [0.1, 0.15) is 39.0 Å². The predicted molar refractivity (Wildman–Crippen MR) is 58.0 cm³/mol. The van der Waals surface area contributed by atoms with Gasteiger partial charge in [0.05, 0.1) is 0 Å². The number of carbonyl (C=O) groups excluding carboxylic acids is 1. The number of amides is 1. The van der Waals surface area contributed by atoms with E-state index in [0.717, 1.165) is 18.1 Å². The lowest BCUT2D eigenvalue weighted by atomic mass is 9.95. The molecule has 0 saturated heterocycles. The van der Waals surface area contributed by atoms with Crippen LogP contribution in [0.4, 0.5) is 0 Å². The van der Waals surface area contributed by atoms with Crippen molar-refractivity contribution in [2.45, 2.75) is 50.3 Å². The molecule has 0 aromatic heterocycles. The Morgan fingerprint density at radius 3 is 2.46 bits per heavy atom. The zero-order chi connectivity index (χ0) is 9.68. The highest BCUT2D eigenvalue weighted by molar-refractivity contribution is 7.99. The molecule has 0 spiro atoms. The number of hydrogen-bond acceptors (Lipinski definition) is 2. The van der Waals surface area contributed by atoms with Crippen LogP contribution in [0.25, 0.3) is 0 Å². The molecule has 76 valence electrons. The van der Waals surface area contributed by atoms with E-state index in [9.17, 15) is 4.79 Å². The van der Waals surface area contributed by atoms with Gasteiger partial charge in [0.2, 0.25) is 5.91 Å². The highest BCUT2D eigenvalue weighted by Crippen LogP contribution is 2.26. The molecule has 3 heteroatoms. The Kier molecular flexibility index (Phi) is 4.64. The van der Waals surface area contributed by atoms with Gasteiger partial charge in [0, 0.05) is 17.7 Å². The number of hydrogen-bond donors (Lipinski definition) is 1. The van der Waals surface area contributed by atoms with Gasteiger partial charge in [-0.15, -0.1) is 0 Å². The molecule has 2 nitrogen and oxygen atoms in total. The fraction of sp³-hybridized carbons (Fsp3) is 0.900. The summed E-state index contributed by atoms with van der Waals surface area (Å²) >= 11 is 1.96. The Bertz CT molecular complexity index is 164. The van der Waals surface area contributed by atoms with Crippen molar-refractivity contribution in [3.63, 3.8) is 0 Å². The van der Waals surface area contributed by atoms with E-state index in [0.29, 0.717) is 12.5 Å². The molecule has 0 aromatic rings. The van der Waals surface area contributed by atoms with Crippen molar-refractivity contribution in [3.05, 3.63) is 0 Å². The zero-order valence-corrected chi connectivity index (χ0v) is 9.32. The largest absolute Gasteiger partial charge is 0.353 e. The van der Waals surface area contributed by atoms with Gasteiger partial charge in [-0.05, 0) is 31.9 Å². The van der Waals surface area contributed by atoms with E-state index >= 15 is 0 Å². The maximum Gasteiger partial charge on any atom is 0.219 e. The van der Waals surface area contributed by atoms with Gasteiger partial charge in [-0.1, -0.05) is 6.92 Å². The lowest BCUT2D eigenvalue weighted by molar-refractivity contribution is -0.121. The maximum absolute atomic E-state index is 11.1. The Morgan fingerprint density at radius 2 is 2.00 bits per heavy atom. The molecule has 1 N–H and O–H groups in total. The molecule has 1 saturated carbocycles. The van der Waals surface area contributed by atoms with Crippen molar-refractivity contribution in [2.24, 2.45) is 0 Å². The first-order valence-electron chi connectivity index (χ1n) is 5.08. The van der Waals surface area contributed by atoms with Crippen molar-refractivity contribution in [3.8, 4) is 0 Å². The third-order valence-electron chi connectivity index (χ3n) is 2.69. The molecule has 0 unspecified atom stereocenters. The van der Waals surface area contributed by atoms with Crippen LogP contribution in [-0.2, 0) is 4.79 Å². The first-order chi connectivity index (χ1) is 6.26. The molecule has 0 heterocycles. The Morgan fingerprint density at radius 1 is 1.38 bits per heavy atom. The molecule has 1 aliphatic rings. The molecule has 1 amide bonds. The number of carbonyl (C=O) groups is 1. The van der Waals surface area contributed by atoms with Crippen LogP contribution in [0, 0.1) is 0 Å². The molecule has 1 fully saturated rings. The molecule has 1 rings (SSSR count). The van der Waals surface area contributed by atoms with Gasteiger partial charge in [0.25, 0.3) is 0 Å². The first-order valence-corrected chi connectivity index (χ1v) is 6.37. The molecule has 0 bridgehead atoms. The summed E-state index contributed by atoms with van der Waals surface area (Å²) < 4.78 is 0. The smallest absolute Gasteiger partial charge is 0.219 e. The lowest BCUT2D eigenvalue weighted by Gasteiger charge is -2.27. The molecule has 0 aliphatic heterocycles. The quantitative estimate of drug-likeness (QED) is 0.758. The summed E-state index contributed by atoms with van der Waals surface area (Å²) in [6, 6.07) is 0.454. The van der Waals surface area contributed by atoms with Crippen molar-refractivity contribution in [1.82, 2.24) is 5.32 Å². The third-order valence-corrected chi connectivity index (χ3v) is 3.83. The van der Waals surface area contributed by atoms with Gasteiger partial charge >= 0.3 is 0 Å². The van der Waals surface area contributed by atoms with Crippen molar-refractivity contribution >= 4 is 17.7 Å². The molecule has 13 heavy (non-hydrogen) atoms. The van der Waals surface area contributed by atoms with Gasteiger partial charge in [0.1, 0.15) is 0 Å². The van der Waals surface area contributed by atoms with E-state index in [1.807, 2.05) is 18.7 Å². The summed E-state index contributed by atoms with van der Waals surface area (Å²) in [7, 11) is 0. The fourth-order valence-electron chi connectivity index (χ4n) is 1.77. The second-order valence-corrected chi connectivity index (χ2v) is 4.77. The summed E-state index contributed by atoms with van der Waals surface area (Å²) in [5.74, 6) is 0.201. The maximum atomic E-state index is 11.1. The third kappa shape index (κ3) is 3.59. The highest BCUT2D eigenvalue weighted by atomic mass is 32.2. The molecule has 1 aliphatic carbocycles. The monoisotopic (exact) mass is 201 g/mol. The number of thioether (sulfide) groups is 1. The van der Waals surface area contributed by atoms with Crippen molar-refractivity contribution in [2.75, 3.05) is 6.26 Å². The van der Waals surface area contributed by atoms with Gasteiger partial charge in [0.15, 0.2) is 0 Å². The average molecular weight is 201 g/mol. The second-order valence-electron chi connectivity index (χ2n) is 3.63.